The fourth-order valence-electron chi connectivity index (χ4n) is 3.98. The third-order valence-electron chi connectivity index (χ3n) is 5.03. The molecule has 2 aliphatic rings. The van der Waals surface area contributed by atoms with E-state index in [0.29, 0.717) is 18.5 Å². The van der Waals surface area contributed by atoms with E-state index < -0.39 is 0 Å². The zero-order valence-electron chi connectivity index (χ0n) is 13.8. The van der Waals surface area contributed by atoms with Crippen LogP contribution < -0.4 is 5.32 Å². The van der Waals surface area contributed by atoms with Gasteiger partial charge in [-0.2, -0.15) is 0 Å². The molecule has 2 atom stereocenters. The number of likely N-dealkylation sites (tertiary alicyclic amines) is 1. The van der Waals surface area contributed by atoms with E-state index >= 15 is 0 Å². The number of carbonyl (C=O) groups excluding carboxylic acids is 1. The molecule has 5 heteroatoms. The van der Waals surface area contributed by atoms with Crippen LogP contribution in [0.2, 0.25) is 0 Å². The number of carbonyl (C=O) groups is 1. The molecule has 1 saturated heterocycles. The van der Waals surface area contributed by atoms with Crippen molar-refractivity contribution in [1.82, 2.24) is 19.8 Å². The monoisotopic (exact) mass is 304 g/mol. The molecule has 22 heavy (non-hydrogen) atoms. The second-order valence-electron chi connectivity index (χ2n) is 7.14. The summed E-state index contributed by atoms with van der Waals surface area (Å²) < 4.78 is 2.14. The maximum absolute atomic E-state index is 12.5. The normalized spacial score (nSPS) is 24.6. The molecule has 122 valence electrons. The number of amides is 2. The van der Waals surface area contributed by atoms with Crippen LogP contribution in [0.3, 0.4) is 0 Å². The number of urea groups is 1. The minimum atomic E-state index is 0.0912. The van der Waals surface area contributed by atoms with Gasteiger partial charge in [-0.15, -0.1) is 0 Å². The standard InChI is InChI=1S/C17H28N4O/c1-13(2)12-20-10-8-18-16(20)11-19-17(22)21-9-7-14-5-3-4-6-15(14)21/h8,10,13-15H,3-7,9,11-12H2,1-2H3,(H,19,22)/t14-,15-/m1/s1. The molecular weight excluding hydrogens is 276 g/mol. The highest BCUT2D eigenvalue weighted by molar-refractivity contribution is 5.74. The average molecular weight is 304 g/mol. The topological polar surface area (TPSA) is 50.2 Å². The molecule has 1 aliphatic carbocycles. The van der Waals surface area contributed by atoms with Crippen molar-refractivity contribution in [1.29, 1.82) is 0 Å². The summed E-state index contributed by atoms with van der Waals surface area (Å²) in [5.74, 6) is 2.26. The van der Waals surface area contributed by atoms with Crippen LogP contribution >= 0.6 is 0 Å². The van der Waals surface area contributed by atoms with Gasteiger partial charge in [0.15, 0.2) is 0 Å². The number of fused-ring (bicyclic) bond motifs is 1. The van der Waals surface area contributed by atoms with Crippen LogP contribution in [0.5, 0.6) is 0 Å². The predicted molar refractivity (Wildman–Crippen MR) is 86.4 cm³/mol. The van der Waals surface area contributed by atoms with Crippen LogP contribution in [0, 0.1) is 11.8 Å². The molecule has 1 saturated carbocycles. The van der Waals surface area contributed by atoms with Gasteiger partial charge in [-0.1, -0.05) is 26.7 Å². The molecule has 2 heterocycles. The van der Waals surface area contributed by atoms with Gasteiger partial charge in [0.2, 0.25) is 0 Å². The fraction of sp³-hybridized carbons (Fsp3) is 0.765. The number of nitrogens with zero attached hydrogens (tertiary/aromatic N) is 3. The predicted octanol–water partition coefficient (Wildman–Crippen LogP) is 3.01. The Bertz CT molecular complexity index is 511. The molecule has 1 aromatic rings. The van der Waals surface area contributed by atoms with Crippen LogP contribution in [-0.4, -0.2) is 33.1 Å². The Morgan fingerprint density at radius 1 is 1.36 bits per heavy atom. The van der Waals surface area contributed by atoms with Crippen LogP contribution in [0.25, 0.3) is 0 Å². The molecule has 1 aliphatic heterocycles. The minimum absolute atomic E-state index is 0.0912. The van der Waals surface area contributed by atoms with E-state index in [4.69, 9.17) is 0 Å². The molecule has 5 nitrogen and oxygen atoms in total. The van der Waals surface area contributed by atoms with E-state index in [9.17, 15) is 4.79 Å². The van der Waals surface area contributed by atoms with Crippen molar-refractivity contribution in [3.8, 4) is 0 Å². The van der Waals surface area contributed by atoms with Crippen molar-refractivity contribution in [2.24, 2.45) is 11.8 Å². The van der Waals surface area contributed by atoms with Crippen molar-refractivity contribution in [2.45, 2.75) is 65.1 Å². The lowest BCUT2D eigenvalue weighted by Crippen LogP contribution is -2.45. The molecular formula is C17H28N4O. The first kappa shape index (κ1) is 15.4. The summed E-state index contributed by atoms with van der Waals surface area (Å²) in [5.41, 5.74) is 0. The summed E-state index contributed by atoms with van der Waals surface area (Å²) >= 11 is 0. The van der Waals surface area contributed by atoms with Gasteiger partial charge in [-0.05, 0) is 31.1 Å². The maximum atomic E-state index is 12.5. The van der Waals surface area contributed by atoms with Crippen molar-refractivity contribution in [2.75, 3.05) is 6.54 Å². The highest BCUT2D eigenvalue weighted by Gasteiger charge is 2.38. The number of aromatic nitrogens is 2. The van der Waals surface area contributed by atoms with E-state index in [-0.39, 0.29) is 6.03 Å². The molecule has 0 unspecified atom stereocenters. The fourth-order valence-corrected chi connectivity index (χ4v) is 3.98. The molecule has 0 bridgehead atoms. The summed E-state index contributed by atoms with van der Waals surface area (Å²) in [6.45, 7) is 6.76. The highest BCUT2D eigenvalue weighted by Crippen LogP contribution is 2.35. The quantitative estimate of drug-likeness (QED) is 0.929. The summed E-state index contributed by atoms with van der Waals surface area (Å²) in [5, 5.41) is 3.08. The third-order valence-corrected chi connectivity index (χ3v) is 5.03. The number of imidazole rings is 1. The lowest BCUT2D eigenvalue weighted by molar-refractivity contribution is 0.169. The first-order valence-electron chi connectivity index (χ1n) is 8.69. The Labute approximate surface area is 133 Å². The van der Waals surface area contributed by atoms with Gasteiger partial charge < -0.3 is 14.8 Å². The Morgan fingerprint density at radius 3 is 3.00 bits per heavy atom. The SMILES string of the molecule is CC(C)Cn1ccnc1CNC(=O)N1CC[C@H]2CCCC[C@H]21. The second kappa shape index (κ2) is 6.71. The third kappa shape index (κ3) is 3.28. The summed E-state index contributed by atoms with van der Waals surface area (Å²) in [6, 6.07) is 0.567. The molecule has 0 aromatic carbocycles. The van der Waals surface area contributed by atoms with Crippen LogP contribution in [0.15, 0.2) is 12.4 Å². The summed E-state index contributed by atoms with van der Waals surface area (Å²) in [6.07, 6.45) is 10.1. The molecule has 3 rings (SSSR count). The Kier molecular flexibility index (Phi) is 4.69. The number of rotatable bonds is 4. The van der Waals surface area contributed by atoms with Crippen molar-refractivity contribution in [3.63, 3.8) is 0 Å². The second-order valence-corrected chi connectivity index (χ2v) is 7.14. The summed E-state index contributed by atoms with van der Waals surface area (Å²) in [4.78, 5) is 19.0. The van der Waals surface area contributed by atoms with Crippen molar-refractivity contribution >= 4 is 6.03 Å². The van der Waals surface area contributed by atoms with E-state index in [1.165, 1.54) is 32.1 Å². The van der Waals surface area contributed by atoms with Gasteiger partial charge in [0.1, 0.15) is 5.82 Å². The lowest BCUT2D eigenvalue weighted by Gasteiger charge is -2.31. The molecule has 2 amide bonds. The first-order chi connectivity index (χ1) is 10.6. The lowest BCUT2D eigenvalue weighted by atomic mass is 9.85. The van der Waals surface area contributed by atoms with Crippen molar-refractivity contribution in [3.05, 3.63) is 18.2 Å². The van der Waals surface area contributed by atoms with Gasteiger partial charge in [-0.3, -0.25) is 0 Å². The van der Waals surface area contributed by atoms with E-state index in [1.807, 2.05) is 12.4 Å². The zero-order chi connectivity index (χ0) is 15.5. The highest BCUT2D eigenvalue weighted by atomic mass is 16.2. The molecule has 0 spiro atoms. The first-order valence-corrected chi connectivity index (χ1v) is 8.69. The van der Waals surface area contributed by atoms with Gasteiger partial charge in [0.05, 0.1) is 6.54 Å². The van der Waals surface area contributed by atoms with Gasteiger partial charge >= 0.3 is 6.03 Å². The van der Waals surface area contributed by atoms with Gasteiger partial charge in [0, 0.05) is 31.5 Å². The molecule has 0 radical (unpaired) electrons. The largest absolute Gasteiger partial charge is 0.333 e. The minimum Gasteiger partial charge on any atom is -0.333 e. The van der Waals surface area contributed by atoms with Gasteiger partial charge in [-0.25, -0.2) is 9.78 Å². The van der Waals surface area contributed by atoms with Crippen LogP contribution in [-0.2, 0) is 13.1 Å². The van der Waals surface area contributed by atoms with Crippen LogP contribution in [0.4, 0.5) is 4.79 Å². The molecule has 1 aromatic heterocycles. The molecule has 1 N–H and O–H groups in total. The zero-order valence-corrected chi connectivity index (χ0v) is 13.8. The Balaban J connectivity index is 1.55. The smallest absolute Gasteiger partial charge is 0.318 e. The number of hydrogen-bond donors (Lipinski definition) is 1. The Hall–Kier alpha value is -1.52. The van der Waals surface area contributed by atoms with E-state index in [2.05, 4.69) is 33.6 Å². The number of nitrogens with one attached hydrogen (secondary N) is 1. The van der Waals surface area contributed by atoms with Crippen molar-refractivity contribution < 1.29 is 4.79 Å². The summed E-state index contributed by atoms with van der Waals surface area (Å²) in [7, 11) is 0. The maximum Gasteiger partial charge on any atom is 0.318 e. The number of hydrogen-bond acceptors (Lipinski definition) is 2. The van der Waals surface area contributed by atoms with Gasteiger partial charge in [0.25, 0.3) is 0 Å². The molecule has 2 fully saturated rings. The Morgan fingerprint density at radius 2 is 2.18 bits per heavy atom. The average Bonchev–Trinajstić information content (AvgIpc) is 3.11. The van der Waals surface area contributed by atoms with E-state index in [0.717, 1.165) is 24.8 Å². The van der Waals surface area contributed by atoms with Crippen LogP contribution in [0.1, 0.15) is 51.8 Å². The van der Waals surface area contributed by atoms with E-state index in [1.54, 1.807) is 0 Å².